The number of benzene rings is 2. The van der Waals surface area contributed by atoms with Gasteiger partial charge in [-0.3, -0.25) is 9.59 Å². The van der Waals surface area contributed by atoms with Crippen LogP contribution in [0.25, 0.3) is 21.7 Å². The molecule has 0 radical (unpaired) electrons. The van der Waals surface area contributed by atoms with Crippen LogP contribution in [0.4, 0.5) is 0 Å². The average Bonchev–Trinajstić information content (AvgIpc) is 3.49. The number of thioether (sulfide) groups is 1. The minimum atomic E-state index is -0.114. The predicted octanol–water partition coefficient (Wildman–Crippen LogP) is 5.82. The molecule has 1 aliphatic rings. The topological polar surface area (TPSA) is 78.5 Å². The van der Waals surface area contributed by atoms with Crippen molar-refractivity contribution in [3.05, 3.63) is 86.0 Å². The number of carbonyl (C=O) groups excluding carboxylic acids is 1. The molecule has 0 aliphatic carbocycles. The van der Waals surface area contributed by atoms with Gasteiger partial charge < -0.3 is 4.74 Å². The minimum Gasteiger partial charge on any atom is -0.372 e. The van der Waals surface area contributed by atoms with Gasteiger partial charge in [0.05, 0.1) is 29.5 Å². The molecular weight excluding hydrogens is 528 g/mol. The number of halogens is 1. The molecule has 0 saturated heterocycles. The van der Waals surface area contributed by atoms with E-state index in [1.54, 1.807) is 40.2 Å². The Balaban J connectivity index is 1.51. The SMILES string of the molecule is CC(C)[C@@H]1Cc2c(sc3c2c(=O)n(-c2ccccc2)c2nnc(SCC(=O)c4ccc(Cl)cc4)n32)CO1. The number of ether oxygens (including phenoxy) is 1. The molecule has 10 heteroatoms. The van der Waals surface area contributed by atoms with Crippen molar-refractivity contribution >= 4 is 56.5 Å². The van der Waals surface area contributed by atoms with E-state index in [0.717, 1.165) is 15.3 Å². The molecule has 7 nitrogen and oxygen atoms in total. The van der Waals surface area contributed by atoms with Gasteiger partial charge in [0.15, 0.2) is 10.9 Å². The van der Waals surface area contributed by atoms with Crippen LogP contribution in [0.1, 0.15) is 34.6 Å². The Morgan fingerprint density at radius 1 is 1.16 bits per heavy atom. The lowest BCUT2D eigenvalue weighted by Gasteiger charge is -2.26. The fraction of sp³-hybridized carbons (Fsp3) is 0.259. The molecule has 188 valence electrons. The zero-order chi connectivity index (χ0) is 25.7. The highest BCUT2D eigenvalue weighted by Crippen LogP contribution is 2.37. The Morgan fingerprint density at radius 3 is 2.65 bits per heavy atom. The zero-order valence-electron chi connectivity index (χ0n) is 20.2. The Morgan fingerprint density at radius 2 is 1.92 bits per heavy atom. The van der Waals surface area contributed by atoms with Crippen molar-refractivity contribution in [2.75, 3.05) is 5.75 Å². The third-order valence-electron chi connectivity index (χ3n) is 6.60. The Bertz CT molecular complexity index is 1690. The van der Waals surface area contributed by atoms with Crippen LogP contribution in [-0.2, 0) is 17.8 Å². The van der Waals surface area contributed by atoms with Gasteiger partial charge in [0.25, 0.3) is 5.56 Å². The fourth-order valence-corrected chi connectivity index (χ4v) is 6.87. The second-order valence-corrected chi connectivity index (χ2v) is 11.8. The van der Waals surface area contributed by atoms with Crippen molar-refractivity contribution < 1.29 is 9.53 Å². The molecule has 1 atom stereocenters. The number of thiophene rings is 1. The third kappa shape index (κ3) is 4.29. The summed E-state index contributed by atoms with van der Waals surface area (Å²) in [4.78, 5) is 28.7. The van der Waals surface area contributed by atoms with Crippen LogP contribution < -0.4 is 5.56 Å². The lowest BCUT2D eigenvalue weighted by molar-refractivity contribution is 0.00200. The van der Waals surface area contributed by atoms with E-state index in [2.05, 4.69) is 24.0 Å². The van der Waals surface area contributed by atoms with Gasteiger partial charge in [-0.15, -0.1) is 21.5 Å². The highest BCUT2D eigenvalue weighted by molar-refractivity contribution is 7.99. The molecule has 6 rings (SSSR count). The van der Waals surface area contributed by atoms with Crippen LogP contribution in [0.2, 0.25) is 5.02 Å². The highest BCUT2D eigenvalue weighted by Gasteiger charge is 2.30. The largest absolute Gasteiger partial charge is 0.372 e. The van der Waals surface area contributed by atoms with E-state index in [1.807, 2.05) is 34.7 Å². The van der Waals surface area contributed by atoms with Gasteiger partial charge in [-0.25, -0.2) is 8.97 Å². The molecule has 5 aromatic rings. The van der Waals surface area contributed by atoms with E-state index < -0.39 is 0 Å². The molecule has 37 heavy (non-hydrogen) atoms. The first-order chi connectivity index (χ1) is 17.9. The summed E-state index contributed by atoms with van der Waals surface area (Å²) < 4.78 is 9.64. The molecule has 0 N–H and O–H groups in total. The zero-order valence-corrected chi connectivity index (χ0v) is 22.6. The van der Waals surface area contributed by atoms with Gasteiger partial charge in [-0.1, -0.05) is 55.4 Å². The summed E-state index contributed by atoms with van der Waals surface area (Å²) in [6, 6.07) is 16.3. The van der Waals surface area contributed by atoms with Crippen LogP contribution in [-0.4, -0.2) is 36.8 Å². The van der Waals surface area contributed by atoms with Crippen LogP contribution in [0.3, 0.4) is 0 Å². The van der Waals surface area contributed by atoms with E-state index in [-0.39, 0.29) is 23.2 Å². The summed E-state index contributed by atoms with van der Waals surface area (Å²) in [7, 11) is 0. The number of hydrogen-bond acceptors (Lipinski definition) is 7. The smallest absolute Gasteiger partial charge is 0.268 e. The summed E-state index contributed by atoms with van der Waals surface area (Å²) in [5.41, 5.74) is 2.23. The molecule has 0 saturated carbocycles. The standard InChI is InChI=1S/C27H23ClN4O3S2/c1-15(2)21-12-19-22(13-35-21)37-25-23(19)24(34)31(18-6-4-3-5-7-18)26-29-30-27(32(25)26)36-14-20(33)16-8-10-17(28)11-9-16/h3-11,15,21H,12-14H2,1-2H3/t21-/m0/s1. The third-order valence-corrected chi connectivity index (χ3v) is 8.97. The van der Waals surface area contributed by atoms with Gasteiger partial charge in [0.1, 0.15) is 4.83 Å². The second-order valence-electron chi connectivity index (χ2n) is 9.29. The van der Waals surface area contributed by atoms with Crippen LogP contribution in [0.5, 0.6) is 0 Å². The van der Waals surface area contributed by atoms with Gasteiger partial charge in [-0.05, 0) is 47.9 Å². The Hall–Kier alpha value is -2.98. The fourth-order valence-electron chi connectivity index (χ4n) is 4.62. The average molecular weight is 551 g/mol. The monoisotopic (exact) mass is 550 g/mol. The Labute approximate surface area is 226 Å². The molecule has 0 bridgehead atoms. The molecular formula is C27H23ClN4O3S2. The Kier molecular flexibility index (Phi) is 6.40. The maximum atomic E-state index is 14.0. The number of rotatable bonds is 6. The first kappa shape index (κ1) is 24.4. The quantitative estimate of drug-likeness (QED) is 0.196. The molecule has 3 aromatic heterocycles. The normalized spacial score (nSPS) is 15.5. The highest BCUT2D eigenvalue weighted by atomic mass is 35.5. The number of Topliss-reactive ketones (excluding diaryl/α,β-unsaturated/α-hetero) is 1. The van der Waals surface area contributed by atoms with Crippen molar-refractivity contribution in [2.45, 2.75) is 38.1 Å². The van der Waals surface area contributed by atoms with E-state index in [4.69, 9.17) is 16.3 Å². The molecule has 0 spiro atoms. The van der Waals surface area contributed by atoms with E-state index in [1.165, 1.54) is 11.8 Å². The van der Waals surface area contributed by atoms with Crippen molar-refractivity contribution in [1.82, 2.24) is 19.2 Å². The summed E-state index contributed by atoms with van der Waals surface area (Å²) >= 11 is 8.82. The second kappa shape index (κ2) is 9.72. The molecule has 1 aliphatic heterocycles. The number of nitrogens with zero attached hydrogens (tertiary/aromatic N) is 4. The molecule has 0 amide bonds. The van der Waals surface area contributed by atoms with Crippen LogP contribution in [0.15, 0.2) is 64.5 Å². The van der Waals surface area contributed by atoms with Gasteiger partial charge in [0, 0.05) is 21.9 Å². The molecule has 4 heterocycles. The summed E-state index contributed by atoms with van der Waals surface area (Å²) in [6.45, 7) is 4.75. The number of hydrogen-bond donors (Lipinski definition) is 0. The van der Waals surface area contributed by atoms with Crippen LogP contribution >= 0.6 is 34.7 Å². The van der Waals surface area contributed by atoms with Crippen molar-refractivity contribution in [1.29, 1.82) is 0 Å². The predicted molar refractivity (Wildman–Crippen MR) is 148 cm³/mol. The van der Waals surface area contributed by atoms with Crippen molar-refractivity contribution in [3.63, 3.8) is 0 Å². The van der Waals surface area contributed by atoms with Crippen molar-refractivity contribution in [3.8, 4) is 5.69 Å². The van der Waals surface area contributed by atoms with E-state index >= 15 is 0 Å². The number of fused-ring (bicyclic) bond motifs is 5. The van der Waals surface area contributed by atoms with Gasteiger partial charge in [0.2, 0.25) is 5.78 Å². The maximum Gasteiger partial charge on any atom is 0.268 e. The van der Waals surface area contributed by atoms with E-state index in [0.29, 0.717) is 51.5 Å². The molecule has 0 fully saturated rings. The summed E-state index contributed by atoms with van der Waals surface area (Å²) in [6.07, 6.45) is 0.736. The molecule has 2 aromatic carbocycles. The van der Waals surface area contributed by atoms with Gasteiger partial charge in [-0.2, -0.15) is 0 Å². The first-order valence-corrected chi connectivity index (χ1v) is 14.1. The number of ketones is 1. The lowest BCUT2D eigenvalue weighted by Crippen LogP contribution is -2.28. The summed E-state index contributed by atoms with van der Waals surface area (Å²) in [5.74, 6) is 0.899. The maximum absolute atomic E-state index is 14.0. The lowest BCUT2D eigenvalue weighted by atomic mass is 9.96. The number of aromatic nitrogens is 4. The van der Waals surface area contributed by atoms with Crippen LogP contribution in [0, 0.1) is 5.92 Å². The van der Waals surface area contributed by atoms with Gasteiger partial charge >= 0.3 is 0 Å². The number of carbonyl (C=O) groups is 1. The van der Waals surface area contributed by atoms with Crippen molar-refractivity contribution in [2.24, 2.45) is 5.92 Å². The number of para-hydroxylation sites is 1. The minimum absolute atomic E-state index is 0.0373. The first-order valence-electron chi connectivity index (χ1n) is 12.0. The summed E-state index contributed by atoms with van der Waals surface area (Å²) in [5, 5.41) is 10.7. The van der Waals surface area contributed by atoms with E-state index in [9.17, 15) is 9.59 Å². The molecule has 0 unspecified atom stereocenters.